The molecule has 0 aromatic rings. The zero-order valence-corrected chi connectivity index (χ0v) is 12.8. The smallest absolute Gasteiger partial charge is 0.414 e. The van der Waals surface area contributed by atoms with Crippen LogP contribution in [0.15, 0.2) is 0 Å². The number of hydrogen-bond donors (Lipinski definition) is 1. The fourth-order valence-corrected chi connectivity index (χ4v) is 2.73. The average Bonchev–Trinajstić information content (AvgIpc) is 2.55. The molecule has 18 heavy (non-hydrogen) atoms. The Morgan fingerprint density at radius 3 is 2.50 bits per heavy atom. The predicted molar refractivity (Wildman–Crippen MR) is 71.0 cm³/mol. The molecule has 1 N–H and O–H groups in total. The summed E-state index contributed by atoms with van der Waals surface area (Å²) in [5.41, 5.74) is 0. The van der Waals surface area contributed by atoms with Gasteiger partial charge >= 0.3 is 6.09 Å². The molecule has 104 valence electrons. The van der Waals surface area contributed by atoms with Crippen molar-refractivity contribution in [3.63, 3.8) is 0 Å². The van der Waals surface area contributed by atoms with E-state index in [9.17, 15) is 9.59 Å². The van der Waals surface area contributed by atoms with Gasteiger partial charge in [0.2, 0.25) is 5.91 Å². The molecular weight excluding hydrogens is 250 g/mol. The largest absolute Gasteiger partial charge is 0.465 e. The molecule has 0 bridgehead atoms. The summed E-state index contributed by atoms with van der Waals surface area (Å²) in [6.45, 7) is 11.0. The second kappa shape index (κ2) is 5.01. The molecular formula is C12H23NO4Si. The number of nitrogens with zero attached hydrogens (tertiary/aromatic N) is 1. The topological polar surface area (TPSA) is 66.8 Å². The summed E-state index contributed by atoms with van der Waals surface area (Å²) in [5.74, 6) is -0.314. The third-order valence-electron chi connectivity index (χ3n) is 3.97. The Morgan fingerprint density at radius 2 is 2.06 bits per heavy atom. The Balaban J connectivity index is 2.64. The molecule has 1 atom stereocenters. The normalized spacial score (nSPS) is 21.5. The first-order chi connectivity index (χ1) is 8.06. The Kier molecular flexibility index (Phi) is 4.22. The molecule has 0 aromatic carbocycles. The molecule has 1 heterocycles. The van der Waals surface area contributed by atoms with E-state index >= 15 is 0 Å². The number of likely N-dealkylation sites (tertiary alicyclic amines) is 1. The van der Waals surface area contributed by atoms with Gasteiger partial charge in [-0.15, -0.1) is 0 Å². The van der Waals surface area contributed by atoms with Crippen LogP contribution in [0.2, 0.25) is 18.1 Å². The van der Waals surface area contributed by atoms with E-state index in [0.717, 1.165) is 4.90 Å². The van der Waals surface area contributed by atoms with Gasteiger partial charge < -0.3 is 9.53 Å². The zero-order chi connectivity index (χ0) is 14.1. The van der Waals surface area contributed by atoms with E-state index < -0.39 is 14.4 Å². The van der Waals surface area contributed by atoms with Gasteiger partial charge in [-0.2, -0.15) is 0 Å². The first-order valence-electron chi connectivity index (χ1n) is 6.25. The lowest BCUT2D eigenvalue weighted by Crippen LogP contribution is -2.46. The molecule has 0 aromatic heterocycles. The van der Waals surface area contributed by atoms with Crippen molar-refractivity contribution < 1.29 is 19.1 Å². The third kappa shape index (κ3) is 3.11. The molecule has 1 rings (SSSR count). The SMILES string of the molecule is CC(C)(C)[Si](C)(C)OC[C@H]1CCC(=O)N1C(=O)O. The minimum atomic E-state index is -1.89. The number of amides is 2. The van der Waals surface area contributed by atoms with Crippen LogP contribution in [0.3, 0.4) is 0 Å². The van der Waals surface area contributed by atoms with Crippen LogP contribution in [0.1, 0.15) is 33.6 Å². The van der Waals surface area contributed by atoms with Crippen molar-refractivity contribution in [2.24, 2.45) is 0 Å². The van der Waals surface area contributed by atoms with Crippen molar-refractivity contribution in [3.8, 4) is 0 Å². The second-order valence-corrected chi connectivity index (χ2v) is 11.1. The highest BCUT2D eigenvalue weighted by atomic mass is 28.4. The van der Waals surface area contributed by atoms with E-state index in [-0.39, 0.29) is 17.0 Å². The van der Waals surface area contributed by atoms with E-state index in [2.05, 4.69) is 33.9 Å². The number of hydrogen-bond acceptors (Lipinski definition) is 3. The summed E-state index contributed by atoms with van der Waals surface area (Å²) < 4.78 is 5.99. The first-order valence-corrected chi connectivity index (χ1v) is 9.16. The summed E-state index contributed by atoms with van der Waals surface area (Å²) >= 11 is 0. The predicted octanol–water partition coefficient (Wildman–Crippen LogP) is 2.68. The van der Waals surface area contributed by atoms with Crippen LogP contribution in [-0.2, 0) is 9.22 Å². The zero-order valence-electron chi connectivity index (χ0n) is 11.8. The molecule has 0 spiro atoms. The molecule has 1 saturated heterocycles. The monoisotopic (exact) mass is 273 g/mol. The van der Waals surface area contributed by atoms with Crippen LogP contribution in [0.4, 0.5) is 4.79 Å². The van der Waals surface area contributed by atoms with Crippen LogP contribution < -0.4 is 0 Å². The Morgan fingerprint density at radius 1 is 1.50 bits per heavy atom. The molecule has 0 unspecified atom stereocenters. The van der Waals surface area contributed by atoms with E-state index in [1.165, 1.54) is 0 Å². The van der Waals surface area contributed by atoms with Crippen LogP contribution in [0.25, 0.3) is 0 Å². The highest BCUT2D eigenvalue weighted by Crippen LogP contribution is 2.37. The summed E-state index contributed by atoms with van der Waals surface area (Å²) in [4.78, 5) is 23.4. The molecule has 0 aliphatic carbocycles. The Bertz CT molecular complexity index is 348. The maximum atomic E-state index is 11.4. The lowest BCUT2D eigenvalue weighted by Gasteiger charge is -2.37. The maximum Gasteiger partial charge on any atom is 0.414 e. The molecule has 6 heteroatoms. The lowest BCUT2D eigenvalue weighted by atomic mass is 10.2. The van der Waals surface area contributed by atoms with Crippen LogP contribution in [-0.4, -0.2) is 43.0 Å². The van der Waals surface area contributed by atoms with E-state index in [1.54, 1.807) is 0 Å². The Labute approximate surface area is 109 Å². The Hall–Kier alpha value is -0.883. The van der Waals surface area contributed by atoms with Gasteiger partial charge in [-0.05, 0) is 24.6 Å². The molecule has 1 fully saturated rings. The standard InChI is InChI=1S/C12H23NO4Si/c1-12(2,3)18(4,5)17-8-9-6-7-10(14)13(9)11(15)16/h9H,6-8H2,1-5H3,(H,15,16)/t9-/m1/s1. The summed E-state index contributed by atoms with van der Waals surface area (Å²) in [6.07, 6.45) is -0.293. The van der Waals surface area contributed by atoms with Gasteiger partial charge in [0.05, 0.1) is 12.6 Å². The number of carboxylic acid groups (broad SMARTS) is 1. The molecule has 1 aliphatic heterocycles. The van der Waals surface area contributed by atoms with Crippen LogP contribution in [0, 0.1) is 0 Å². The molecule has 1 aliphatic rings. The maximum absolute atomic E-state index is 11.4. The summed E-state index contributed by atoms with van der Waals surface area (Å²) in [7, 11) is -1.89. The molecule has 2 amide bonds. The van der Waals surface area contributed by atoms with Crippen LogP contribution >= 0.6 is 0 Å². The minimum Gasteiger partial charge on any atom is -0.465 e. The van der Waals surface area contributed by atoms with Crippen molar-refractivity contribution in [2.45, 2.75) is 57.8 Å². The second-order valence-electron chi connectivity index (χ2n) is 6.31. The van der Waals surface area contributed by atoms with E-state index in [1.807, 2.05) is 0 Å². The first kappa shape index (κ1) is 15.2. The van der Waals surface area contributed by atoms with Crippen molar-refractivity contribution >= 4 is 20.3 Å². The van der Waals surface area contributed by atoms with Gasteiger partial charge in [0.15, 0.2) is 8.32 Å². The number of imide groups is 1. The van der Waals surface area contributed by atoms with Gasteiger partial charge in [-0.1, -0.05) is 20.8 Å². The van der Waals surface area contributed by atoms with E-state index in [0.29, 0.717) is 19.4 Å². The molecule has 5 nitrogen and oxygen atoms in total. The molecule has 0 radical (unpaired) electrons. The van der Waals surface area contributed by atoms with Crippen molar-refractivity contribution in [2.75, 3.05) is 6.61 Å². The van der Waals surface area contributed by atoms with Crippen molar-refractivity contribution in [1.82, 2.24) is 4.90 Å². The average molecular weight is 273 g/mol. The van der Waals surface area contributed by atoms with Crippen molar-refractivity contribution in [1.29, 1.82) is 0 Å². The minimum absolute atomic E-state index is 0.0870. The quantitative estimate of drug-likeness (QED) is 0.803. The molecule has 0 saturated carbocycles. The van der Waals surface area contributed by atoms with Gasteiger partial charge in [0, 0.05) is 6.42 Å². The number of rotatable bonds is 3. The highest BCUT2D eigenvalue weighted by Gasteiger charge is 2.41. The summed E-state index contributed by atoms with van der Waals surface area (Å²) in [6, 6.07) is -0.316. The van der Waals surface area contributed by atoms with Gasteiger partial charge in [0.1, 0.15) is 0 Å². The number of carbonyl (C=O) groups is 2. The van der Waals surface area contributed by atoms with Crippen molar-refractivity contribution in [3.05, 3.63) is 0 Å². The van der Waals surface area contributed by atoms with Gasteiger partial charge in [0.25, 0.3) is 0 Å². The van der Waals surface area contributed by atoms with Gasteiger partial charge in [-0.25, -0.2) is 9.69 Å². The lowest BCUT2D eigenvalue weighted by molar-refractivity contribution is -0.127. The van der Waals surface area contributed by atoms with Crippen LogP contribution in [0.5, 0.6) is 0 Å². The number of carbonyl (C=O) groups excluding carboxylic acids is 1. The van der Waals surface area contributed by atoms with Gasteiger partial charge in [-0.3, -0.25) is 4.79 Å². The fraction of sp³-hybridized carbons (Fsp3) is 0.833. The highest BCUT2D eigenvalue weighted by molar-refractivity contribution is 6.74. The van der Waals surface area contributed by atoms with E-state index in [4.69, 9.17) is 9.53 Å². The fourth-order valence-electron chi connectivity index (χ4n) is 1.69. The summed E-state index contributed by atoms with van der Waals surface area (Å²) in [5, 5.41) is 9.09. The third-order valence-corrected chi connectivity index (χ3v) is 8.47.